The number of aromatic hydroxyl groups is 1. The van der Waals surface area contributed by atoms with Crippen molar-refractivity contribution in [2.45, 2.75) is 32.9 Å². The van der Waals surface area contributed by atoms with Gasteiger partial charge in [0.15, 0.2) is 11.6 Å². The minimum absolute atomic E-state index is 0.0731. The van der Waals surface area contributed by atoms with E-state index in [1.54, 1.807) is 13.0 Å². The number of benzene rings is 1. The molecule has 1 amide bonds. The summed E-state index contributed by atoms with van der Waals surface area (Å²) in [6.45, 7) is 4.76. The molecule has 0 spiro atoms. The number of halogens is 1. The van der Waals surface area contributed by atoms with Crippen molar-refractivity contribution in [2.24, 2.45) is 0 Å². The summed E-state index contributed by atoms with van der Waals surface area (Å²) in [6.07, 6.45) is 0.891. The van der Waals surface area contributed by atoms with Gasteiger partial charge in [0.25, 0.3) is 0 Å². The first-order valence-corrected chi connectivity index (χ1v) is 6.03. The fraction of sp³-hybridized carbons (Fsp3) is 0.462. The predicted molar refractivity (Wildman–Crippen MR) is 67.7 cm³/mol. The van der Waals surface area contributed by atoms with Crippen LogP contribution in [0.25, 0.3) is 0 Å². The van der Waals surface area contributed by atoms with E-state index >= 15 is 0 Å². The van der Waals surface area contributed by atoms with Crippen molar-refractivity contribution in [1.29, 1.82) is 0 Å². The molecule has 0 aromatic heterocycles. The van der Waals surface area contributed by atoms with Crippen LogP contribution in [0, 0.1) is 5.82 Å². The molecule has 0 radical (unpaired) electrons. The Balaban J connectivity index is 2.44. The summed E-state index contributed by atoms with van der Waals surface area (Å²) in [4.78, 5) is 11.6. The maximum atomic E-state index is 13.1. The Labute approximate surface area is 106 Å². The minimum Gasteiger partial charge on any atom is -0.505 e. The molecule has 0 aliphatic rings. The van der Waals surface area contributed by atoms with Gasteiger partial charge < -0.3 is 15.7 Å². The molecule has 0 saturated carbocycles. The SMILES string of the molecule is CCCNC(=O)C(C)NCc1ccc(O)c(F)c1. The van der Waals surface area contributed by atoms with Gasteiger partial charge >= 0.3 is 0 Å². The highest BCUT2D eigenvalue weighted by atomic mass is 19.1. The Morgan fingerprint density at radius 1 is 1.50 bits per heavy atom. The molecular weight excluding hydrogens is 235 g/mol. The molecule has 1 atom stereocenters. The van der Waals surface area contributed by atoms with Gasteiger partial charge in [0.05, 0.1) is 6.04 Å². The van der Waals surface area contributed by atoms with E-state index in [1.165, 1.54) is 12.1 Å². The normalized spacial score (nSPS) is 12.2. The zero-order valence-corrected chi connectivity index (χ0v) is 10.7. The summed E-state index contributed by atoms with van der Waals surface area (Å²) < 4.78 is 13.1. The number of hydrogen-bond acceptors (Lipinski definition) is 3. The third-order valence-electron chi connectivity index (χ3n) is 2.57. The number of carbonyl (C=O) groups is 1. The summed E-state index contributed by atoms with van der Waals surface area (Å²) >= 11 is 0. The van der Waals surface area contributed by atoms with E-state index in [1.807, 2.05) is 6.92 Å². The Kier molecular flexibility index (Phi) is 5.58. The van der Waals surface area contributed by atoms with Crippen LogP contribution in [0.3, 0.4) is 0 Å². The summed E-state index contributed by atoms with van der Waals surface area (Å²) in [6, 6.07) is 3.82. The Hall–Kier alpha value is -1.62. The second-order valence-corrected chi connectivity index (χ2v) is 4.18. The standard InChI is InChI=1S/C13H19FN2O2/c1-3-6-15-13(18)9(2)16-8-10-4-5-12(17)11(14)7-10/h4-5,7,9,16-17H,3,6,8H2,1-2H3,(H,15,18). The van der Waals surface area contributed by atoms with E-state index in [-0.39, 0.29) is 17.7 Å². The molecule has 1 aromatic rings. The van der Waals surface area contributed by atoms with Crippen LogP contribution < -0.4 is 10.6 Å². The van der Waals surface area contributed by atoms with Crippen LogP contribution in [-0.2, 0) is 11.3 Å². The smallest absolute Gasteiger partial charge is 0.236 e. The Morgan fingerprint density at radius 2 is 2.22 bits per heavy atom. The lowest BCUT2D eigenvalue weighted by molar-refractivity contribution is -0.122. The van der Waals surface area contributed by atoms with Crippen molar-refractivity contribution in [3.8, 4) is 5.75 Å². The van der Waals surface area contributed by atoms with E-state index in [0.717, 1.165) is 6.42 Å². The number of phenolic OH excluding ortho intramolecular Hbond substituents is 1. The summed E-state index contributed by atoms with van der Waals surface area (Å²) in [5.74, 6) is -1.10. The number of amides is 1. The van der Waals surface area contributed by atoms with Crippen molar-refractivity contribution in [3.05, 3.63) is 29.6 Å². The van der Waals surface area contributed by atoms with Crippen LogP contribution in [0.1, 0.15) is 25.8 Å². The van der Waals surface area contributed by atoms with Crippen molar-refractivity contribution < 1.29 is 14.3 Å². The number of rotatable bonds is 6. The van der Waals surface area contributed by atoms with E-state index in [0.29, 0.717) is 18.7 Å². The third-order valence-corrected chi connectivity index (χ3v) is 2.57. The van der Waals surface area contributed by atoms with Crippen molar-refractivity contribution in [2.75, 3.05) is 6.54 Å². The molecule has 0 bridgehead atoms. The molecule has 1 rings (SSSR count). The van der Waals surface area contributed by atoms with Crippen molar-refractivity contribution in [1.82, 2.24) is 10.6 Å². The molecule has 0 aliphatic heterocycles. The average Bonchev–Trinajstić information content (AvgIpc) is 2.36. The molecular formula is C13H19FN2O2. The van der Waals surface area contributed by atoms with Gasteiger partial charge in [-0.2, -0.15) is 0 Å². The first-order valence-electron chi connectivity index (χ1n) is 6.03. The van der Waals surface area contributed by atoms with E-state index < -0.39 is 5.82 Å². The number of nitrogens with one attached hydrogen (secondary N) is 2. The topological polar surface area (TPSA) is 61.4 Å². The minimum atomic E-state index is -0.655. The predicted octanol–water partition coefficient (Wildman–Crippen LogP) is 1.54. The summed E-state index contributed by atoms with van der Waals surface area (Å²) in [7, 11) is 0. The second kappa shape index (κ2) is 6.96. The van der Waals surface area contributed by atoms with E-state index in [2.05, 4.69) is 10.6 Å². The quantitative estimate of drug-likeness (QED) is 0.721. The Bertz CT molecular complexity index is 410. The third kappa shape index (κ3) is 4.33. The lowest BCUT2D eigenvalue weighted by atomic mass is 10.2. The van der Waals surface area contributed by atoms with Crippen LogP contribution in [0.15, 0.2) is 18.2 Å². The fourth-order valence-corrected chi connectivity index (χ4v) is 1.43. The molecule has 5 heteroatoms. The van der Waals surface area contributed by atoms with Gasteiger partial charge in [-0.25, -0.2) is 4.39 Å². The van der Waals surface area contributed by atoms with Gasteiger partial charge in [-0.05, 0) is 31.0 Å². The summed E-state index contributed by atoms with van der Waals surface area (Å²) in [5.41, 5.74) is 0.681. The monoisotopic (exact) mass is 254 g/mol. The van der Waals surface area contributed by atoms with Gasteiger partial charge in [-0.3, -0.25) is 4.79 Å². The number of phenols is 1. The fourth-order valence-electron chi connectivity index (χ4n) is 1.43. The van der Waals surface area contributed by atoms with Gasteiger partial charge in [0.1, 0.15) is 0 Å². The molecule has 0 saturated heterocycles. The average molecular weight is 254 g/mol. The Morgan fingerprint density at radius 3 is 2.83 bits per heavy atom. The lowest BCUT2D eigenvalue weighted by Crippen LogP contribution is -2.42. The summed E-state index contributed by atoms with van der Waals surface area (Å²) in [5, 5.41) is 14.8. The van der Waals surface area contributed by atoms with Crippen LogP contribution >= 0.6 is 0 Å². The molecule has 0 heterocycles. The lowest BCUT2D eigenvalue weighted by Gasteiger charge is -2.13. The first kappa shape index (κ1) is 14.4. The largest absolute Gasteiger partial charge is 0.505 e. The maximum Gasteiger partial charge on any atom is 0.236 e. The first-order chi connectivity index (χ1) is 8.54. The van der Waals surface area contributed by atoms with E-state index in [9.17, 15) is 9.18 Å². The second-order valence-electron chi connectivity index (χ2n) is 4.18. The van der Waals surface area contributed by atoms with Crippen molar-refractivity contribution >= 4 is 5.91 Å². The highest BCUT2D eigenvalue weighted by Gasteiger charge is 2.11. The van der Waals surface area contributed by atoms with Crippen LogP contribution in [0.2, 0.25) is 0 Å². The molecule has 18 heavy (non-hydrogen) atoms. The van der Waals surface area contributed by atoms with Crippen LogP contribution in [0.4, 0.5) is 4.39 Å². The van der Waals surface area contributed by atoms with Crippen LogP contribution in [-0.4, -0.2) is 23.6 Å². The van der Waals surface area contributed by atoms with Crippen LogP contribution in [0.5, 0.6) is 5.75 Å². The molecule has 0 fully saturated rings. The number of hydrogen-bond donors (Lipinski definition) is 3. The van der Waals surface area contributed by atoms with Crippen molar-refractivity contribution in [3.63, 3.8) is 0 Å². The molecule has 100 valence electrons. The molecule has 4 nitrogen and oxygen atoms in total. The van der Waals surface area contributed by atoms with Gasteiger partial charge in [-0.15, -0.1) is 0 Å². The zero-order valence-electron chi connectivity index (χ0n) is 10.7. The molecule has 3 N–H and O–H groups in total. The van der Waals surface area contributed by atoms with Gasteiger partial charge in [0, 0.05) is 13.1 Å². The molecule has 1 aromatic carbocycles. The maximum absolute atomic E-state index is 13.1. The van der Waals surface area contributed by atoms with E-state index in [4.69, 9.17) is 5.11 Å². The molecule has 1 unspecified atom stereocenters. The highest BCUT2D eigenvalue weighted by molar-refractivity contribution is 5.81. The molecule has 0 aliphatic carbocycles. The van der Waals surface area contributed by atoms with Gasteiger partial charge in [0.2, 0.25) is 5.91 Å². The number of carbonyl (C=O) groups excluding carboxylic acids is 1. The zero-order chi connectivity index (χ0) is 13.5. The highest BCUT2D eigenvalue weighted by Crippen LogP contribution is 2.15. The van der Waals surface area contributed by atoms with Gasteiger partial charge in [-0.1, -0.05) is 13.0 Å².